The smallest absolute Gasteiger partial charge is 0.248 e. The van der Waals surface area contributed by atoms with Gasteiger partial charge in [-0.1, -0.05) is 18.2 Å². The highest BCUT2D eigenvalue weighted by atomic mass is 19.1. The molecule has 2 aromatic carbocycles. The molecule has 35 heavy (non-hydrogen) atoms. The monoisotopic (exact) mass is 478 g/mol. The summed E-state index contributed by atoms with van der Waals surface area (Å²) in [6.07, 6.45) is 1.17. The molecule has 0 bridgehead atoms. The second-order valence-electron chi connectivity index (χ2n) is 8.16. The van der Waals surface area contributed by atoms with Gasteiger partial charge < -0.3 is 15.7 Å². The predicted molar refractivity (Wildman–Crippen MR) is 130 cm³/mol. The summed E-state index contributed by atoms with van der Waals surface area (Å²) in [6, 6.07) is 14.8. The average molecular weight is 479 g/mol. The number of benzene rings is 2. The summed E-state index contributed by atoms with van der Waals surface area (Å²) >= 11 is 0. The van der Waals surface area contributed by atoms with E-state index in [2.05, 4.69) is 15.6 Å². The molecule has 3 N–H and O–H groups in total. The van der Waals surface area contributed by atoms with Gasteiger partial charge in [0, 0.05) is 30.8 Å². The van der Waals surface area contributed by atoms with Gasteiger partial charge in [0.2, 0.25) is 17.7 Å². The van der Waals surface area contributed by atoms with E-state index in [1.807, 2.05) is 0 Å². The van der Waals surface area contributed by atoms with Gasteiger partial charge >= 0.3 is 0 Å². The van der Waals surface area contributed by atoms with Crippen LogP contribution in [0.2, 0.25) is 0 Å². The van der Waals surface area contributed by atoms with Crippen molar-refractivity contribution in [2.45, 2.75) is 38.8 Å². The van der Waals surface area contributed by atoms with Crippen LogP contribution in [-0.2, 0) is 14.4 Å². The second-order valence-corrected chi connectivity index (χ2v) is 8.16. The van der Waals surface area contributed by atoms with E-state index in [9.17, 15) is 23.9 Å². The number of carbonyl (C=O) groups is 3. The van der Waals surface area contributed by atoms with Crippen LogP contribution in [0.4, 0.5) is 15.9 Å². The van der Waals surface area contributed by atoms with Gasteiger partial charge in [-0.2, -0.15) is 0 Å². The minimum atomic E-state index is -1.12. The molecular weight excluding hydrogens is 451 g/mol. The van der Waals surface area contributed by atoms with Gasteiger partial charge in [-0.25, -0.2) is 9.37 Å². The summed E-state index contributed by atoms with van der Waals surface area (Å²) in [7, 11) is 0. The molecule has 1 heterocycles. The van der Waals surface area contributed by atoms with Crippen LogP contribution in [0.25, 0.3) is 0 Å². The summed E-state index contributed by atoms with van der Waals surface area (Å²) in [5.74, 6) is -1.51. The number of phenolic OH excluding ortho intramolecular Hbond substituents is 1. The zero-order valence-electron chi connectivity index (χ0n) is 19.4. The van der Waals surface area contributed by atoms with Crippen LogP contribution in [-0.4, -0.2) is 33.9 Å². The van der Waals surface area contributed by atoms with Crippen molar-refractivity contribution in [3.63, 3.8) is 0 Å². The molecule has 182 valence electrons. The van der Waals surface area contributed by atoms with E-state index in [1.54, 1.807) is 32.0 Å². The van der Waals surface area contributed by atoms with Gasteiger partial charge in [0.25, 0.3) is 0 Å². The topological polar surface area (TPSA) is 112 Å². The van der Waals surface area contributed by atoms with Crippen molar-refractivity contribution in [2.75, 3.05) is 10.2 Å². The van der Waals surface area contributed by atoms with Crippen LogP contribution in [0.1, 0.15) is 38.3 Å². The number of rotatable bonds is 9. The van der Waals surface area contributed by atoms with E-state index in [-0.39, 0.29) is 24.6 Å². The number of nitrogens with one attached hydrogen (secondary N) is 2. The molecular formula is C26H27FN4O4. The molecule has 3 aromatic rings. The number of aromatic hydroxyl groups is 1. The number of carbonyl (C=O) groups excluding carboxylic acids is 3. The lowest BCUT2D eigenvalue weighted by atomic mass is 10.0. The Morgan fingerprint density at radius 3 is 2.26 bits per heavy atom. The molecule has 0 spiro atoms. The average Bonchev–Trinajstić information content (AvgIpc) is 2.82. The zero-order valence-corrected chi connectivity index (χ0v) is 19.4. The third kappa shape index (κ3) is 7.10. The molecule has 8 nitrogen and oxygen atoms in total. The molecule has 3 amide bonds. The normalized spacial score (nSPS) is 11.5. The van der Waals surface area contributed by atoms with Crippen LogP contribution in [0.3, 0.4) is 0 Å². The Bertz CT molecular complexity index is 1150. The fourth-order valence-electron chi connectivity index (χ4n) is 3.46. The van der Waals surface area contributed by atoms with E-state index >= 15 is 0 Å². The van der Waals surface area contributed by atoms with Crippen LogP contribution >= 0.6 is 0 Å². The first kappa shape index (κ1) is 25.4. The number of halogens is 1. The molecule has 0 aliphatic carbocycles. The number of aromatic nitrogens is 1. The number of nitrogens with zero attached hydrogens (tertiary/aromatic N) is 2. The Morgan fingerprint density at radius 1 is 0.971 bits per heavy atom. The van der Waals surface area contributed by atoms with E-state index in [1.165, 1.54) is 59.6 Å². The van der Waals surface area contributed by atoms with Crippen molar-refractivity contribution in [1.82, 2.24) is 10.3 Å². The maximum atomic E-state index is 13.6. The largest absolute Gasteiger partial charge is 0.508 e. The molecule has 0 fully saturated rings. The lowest BCUT2D eigenvalue weighted by molar-refractivity contribution is -0.127. The molecule has 0 unspecified atom stereocenters. The maximum absolute atomic E-state index is 13.6. The van der Waals surface area contributed by atoms with Crippen molar-refractivity contribution >= 4 is 29.2 Å². The molecule has 1 atom stereocenters. The minimum Gasteiger partial charge on any atom is -0.508 e. The lowest BCUT2D eigenvalue weighted by Crippen LogP contribution is -2.46. The summed E-state index contributed by atoms with van der Waals surface area (Å²) in [4.78, 5) is 44.4. The second kappa shape index (κ2) is 11.7. The number of hydrogen-bond acceptors (Lipinski definition) is 5. The predicted octanol–water partition coefficient (Wildman–Crippen LogP) is 3.94. The van der Waals surface area contributed by atoms with Gasteiger partial charge in [-0.05, 0) is 67.9 Å². The first-order valence-electron chi connectivity index (χ1n) is 11.1. The molecule has 0 aliphatic rings. The van der Waals surface area contributed by atoms with Crippen molar-refractivity contribution in [3.05, 3.63) is 84.3 Å². The van der Waals surface area contributed by atoms with Crippen molar-refractivity contribution in [1.29, 1.82) is 0 Å². The SMILES string of the molecule is CC(C)NC(=O)[C@H](c1ccc(O)cc1)N(C(=O)CCC(=O)Nc1ccccn1)c1ccc(F)cc1. The highest BCUT2D eigenvalue weighted by Crippen LogP contribution is 2.30. The Balaban J connectivity index is 1.92. The number of phenols is 1. The van der Waals surface area contributed by atoms with E-state index in [0.29, 0.717) is 17.1 Å². The molecule has 0 aliphatic heterocycles. The Kier molecular flexibility index (Phi) is 8.50. The van der Waals surface area contributed by atoms with Gasteiger partial charge in [0.1, 0.15) is 23.4 Å². The Morgan fingerprint density at radius 2 is 1.66 bits per heavy atom. The van der Waals surface area contributed by atoms with Gasteiger partial charge in [-0.3, -0.25) is 19.3 Å². The molecule has 0 radical (unpaired) electrons. The van der Waals surface area contributed by atoms with Crippen LogP contribution in [0.15, 0.2) is 72.9 Å². The number of hydrogen-bond donors (Lipinski definition) is 3. The van der Waals surface area contributed by atoms with E-state index in [4.69, 9.17) is 0 Å². The summed E-state index contributed by atoms with van der Waals surface area (Å²) in [6.45, 7) is 3.58. The minimum absolute atomic E-state index is 0.00242. The number of anilines is 2. The molecule has 9 heteroatoms. The van der Waals surface area contributed by atoms with Crippen molar-refractivity contribution < 1.29 is 23.9 Å². The molecule has 3 rings (SSSR count). The maximum Gasteiger partial charge on any atom is 0.248 e. The molecule has 0 saturated heterocycles. The van der Waals surface area contributed by atoms with Crippen molar-refractivity contribution in [3.8, 4) is 5.75 Å². The highest BCUT2D eigenvalue weighted by Gasteiger charge is 2.33. The first-order valence-corrected chi connectivity index (χ1v) is 11.1. The van der Waals surface area contributed by atoms with Crippen molar-refractivity contribution in [2.24, 2.45) is 0 Å². The Hall–Kier alpha value is -4.27. The summed E-state index contributed by atoms with van der Waals surface area (Å²) in [5, 5.41) is 15.1. The third-order valence-electron chi connectivity index (χ3n) is 5.02. The van der Waals surface area contributed by atoms with Crippen LogP contribution < -0.4 is 15.5 Å². The number of pyridine rings is 1. The summed E-state index contributed by atoms with van der Waals surface area (Å²) in [5.41, 5.74) is 0.732. The third-order valence-corrected chi connectivity index (χ3v) is 5.02. The number of amides is 3. The lowest BCUT2D eigenvalue weighted by Gasteiger charge is -2.32. The molecule has 0 saturated carbocycles. The molecule has 1 aromatic heterocycles. The van der Waals surface area contributed by atoms with Crippen LogP contribution in [0, 0.1) is 5.82 Å². The van der Waals surface area contributed by atoms with E-state index in [0.717, 1.165) is 0 Å². The van der Waals surface area contributed by atoms with Gasteiger partial charge in [0.05, 0.1) is 0 Å². The standard InChI is InChI=1S/C26H27FN4O4/c1-17(2)29-26(35)25(18-6-12-21(32)13-7-18)31(20-10-8-19(27)9-11-20)24(34)15-14-23(33)30-22-5-3-4-16-28-22/h3-13,16-17,25,32H,14-15H2,1-2H3,(H,29,35)(H,28,30,33)/t25-/m0/s1. The zero-order chi connectivity index (χ0) is 25.4. The fourth-order valence-corrected chi connectivity index (χ4v) is 3.46. The van der Waals surface area contributed by atoms with Gasteiger partial charge in [-0.15, -0.1) is 0 Å². The van der Waals surface area contributed by atoms with E-state index < -0.39 is 29.6 Å². The summed E-state index contributed by atoms with van der Waals surface area (Å²) < 4.78 is 13.6. The first-order chi connectivity index (χ1) is 16.7. The quantitative estimate of drug-likeness (QED) is 0.431. The fraction of sp³-hybridized carbons (Fsp3) is 0.231. The van der Waals surface area contributed by atoms with Crippen LogP contribution in [0.5, 0.6) is 5.75 Å². The highest BCUT2D eigenvalue weighted by molar-refractivity contribution is 6.03. The Labute approximate surface area is 202 Å². The van der Waals surface area contributed by atoms with Gasteiger partial charge in [0.15, 0.2) is 0 Å².